The summed E-state index contributed by atoms with van der Waals surface area (Å²) in [5.41, 5.74) is 2.50. The van der Waals surface area contributed by atoms with Crippen LogP contribution < -0.4 is 10.9 Å². The first kappa shape index (κ1) is 51.6. The van der Waals surface area contributed by atoms with E-state index < -0.39 is 16.9 Å². The first-order valence-electron chi connectivity index (χ1n) is 25.7. The van der Waals surface area contributed by atoms with Crippen LogP contribution in [-0.4, -0.2) is 129 Å². The fourth-order valence-electron chi connectivity index (χ4n) is 10.4. The number of urea groups is 1. The zero-order valence-corrected chi connectivity index (χ0v) is 42.7. The van der Waals surface area contributed by atoms with Gasteiger partial charge in [0.2, 0.25) is 5.91 Å². The third kappa shape index (κ3) is 12.6. The normalized spacial score (nSPS) is 17.6. The van der Waals surface area contributed by atoms with E-state index in [2.05, 4.69) is 36.0 Å². The van der Waals surface area contributed by atoms with Gasteiger partial charge < -0.3 is 29.5 Å². The van der Waals surface area contributed by atoms with Crippen molar-refractivity contribution in [3.63, 3.8) is 0 Å². The molecule has 3 fully saturated rings. The fourth-order valence-corrected chi connectivity index (χ4v) is 10.4. The molecule has 0 aliphatic carbocycles. The van der Waals surface area contributed by atoms with Gasteiger partial charge >= 0.3 is 18.0 Å². The maximum Gasteiger partial charge on any atom is 0.318 e. The summed E-state index contributed by atoms with van der Waals surface area (Å²) in [6, 6.07) is 13.0. The minimum Gasteiger partial charge on any atom is -0.443 e. The monoisotopic (exact) mass is 951 g/mol. The molecule has 0 spiro atoms. The molecule has 1 N–H and O–H groups in total. The molecular formula is C54H78N8O7. The molecule has 0 unspecified atom stereocenters. The number of unbranched alkanes of at least 4 members (excludes halogenated alkanes) is 2. The molecule has 3 aliphatic heterocycles. The van der Waals surface area contributed by atoms with Gasteiger partial charge in [0.25, 0.3) is 5.56 Å². The molecule has 0 radical (unpaired) electrons. The minimum atomic E-state index is -0.814. The molecule has 2 aromatic carbocycles. The highest BCUT2D eigenvalue weighted by atomic mass is 16.5. The lowest BCUT2D eigenvalue weighted by atomic mass is 9.87. The number of fused-ring (bicyclic) bond motifs is 2. The van der Waals surface area contributed by atoms with Crippen LogP contribution in [0.25, 0.3) is 21.8 Å². The Morgan fingerprint density at radius 1 is 0.768 bits per heavy atom. The molecule has 2 aromatic heterocycles. The van der Waals surface area contributed by atoms with Crippen LogP contribution in [0.15, 0.2) is 53.5 Å². The smallest absolute Gasteiger partial charge is 0.318 e. The van der Waals surface area contributed by atoms with Crippen molar-refractivity contribution in [2.75, 3.05) is 59.4 Å². The number of aryl methyl sites for hydroxylation is 1. The molecule has 7 rings (SSSR count). The van der Waals surface area contributed by atoms with E-state index in [0.717, 1.165) is 98.5 Å². The summed E-state index contributed by atoms with van der Waals surface area (Å²) >= 11 is 0. The van der Waals surface area contributed by atoms with Crippen molar-refractivity contribution in [3.05, 3.63) is 75.7 Å². The van der Waals surface area contributed by atoms with Crippen molar-refractivity contribution in [2.24, 2.45) is 10.8 Å². The molecule has 4 aromatic rings. The Labute approximate surface area is 408 Å². The van der Waals surface area contributed by atoms with Gasteiger partial charge in [-0.05, 0) is 134 Å². The first-order chi connectivity index (χ1) is 33.0. The number of carbonyl (C=O) groups excluding carboxylic acids is 4. The molecule has 3 aliphatic rings. The fraction of sp³-hybridized carbons (Fsp3) is 0.630. The van der Waals surface area contributed by atoms with Gasteiger partial charge in [-0.1, -0.05) is 63.8 Å². The molecule has 3 saturated heterocycles. The van der Waals surface area contributed by atoms with Crippen molar-refractivity contribution < 1.29 is 28.7 Å². The summed E-state index contributed by atoms with van der Waals surface area (Å²) in [6.07, 6.45) is 10.8. The van der Waals surface area contributed by atoms with Crippen LogP contribution in [-0.2, 0) is 43.7 Å². The van der Waals surface area contributed by atoms with E-state index in [1.165, 1.54) is 0 Å². The number of hydrogen-bond acceptors (Lipinski definition) is 10. The van der Waals surface area contributed by atoms with E-state index in [0.29, 0.717) is 62.6 Å². The van der Waals surface area contributed by atoms with Crippen LogP contribution >= 0.6 is 0 Å². The van der Waals surface area contributed by atoms with Gasteiger partial charge in [-0.15, -0.1) is 0 Å². The molecule has 3 amide bonds. The molecule has 1 atom stereocenters. The van der Waals surface area contributed by atoms with Crippen LogP contribution in [0.4, 0.5) is 4.79 Å². The Morgan fingerprint density at radius 3 is 2.03 bits per heavy atom. The summed E-state index contributed by atoms with van der Waals surface area (Å²) < 4.78 is 14.8. The van der Waals surface area contributed by atoms with Gasteiger partial charge in [-0.25, -0.2) is 9.48 Å². The van der Waals surface area contributed by atoms with E-state index in [4.69, 9.17) is 14.6 Å². The Bertz CT molecular complexity index is 2490. The molecule has 0 bridgehead atoms. The van der Waals surface area contributed by atoms with Crippen LogP contribution in [0.2, 0.25) is 0 Å². The molecular weight excluding hydrogens is 873 g/mol. The van der Waals surface area contributed by atoms with Gasteiger partial charge in [0, 0.05) is 68.9 Å². The van der Waals surface area contributed by atoms with Crippen molar-refractivity contribution in [1.29, 1.82) is 0 Å². The maximum absolute atomic E-state index is 14.6. The van der Waals surface area contributed by atoms with Crippen molar-refractivity contribution in [3.8, 4) is 0 Å². The van der Waals surface area contributed by atoms with E-state index >= 15 is 0 Å². The van der Waals surface area contributed by atoms with E-state index in [-0.39, 0.29) is 55.2 Å². The number of likely N-dealkylation sites (tertiary alicyclic amines) is 2. The number of para-hydroxylation sites is 1. The molecule has 376 valence electrons. The number of esters is 2. The average Bonchev–Trinajstić information content (AvgIpc) is 3.77. The second-order valence-corrected chi connectivity index (χ2v) is 21.4. The Hall–Kier alpha value is -5.28. The number of carbonyl (C=O) groups is 4. The molecule has 15 heteroatoms. The highest BCUT2D eigenvalue weighted by molar-refractivity contribution is 5.88. The number of piperazine rings is 1. The Balaban J connectivity index is 1.05. The zero-order chi connectivity index (χ0) is 49.5. The second-order valence-electron chi connectivity index (χ2n) is 21.4. The van der Waals surface area contributed by atoms with Crippen molar-refractivity contribution >= 4 is 45.7 Å². The SMILES string of the molecule is CCCCC(C)(C)C(=O)OCn1cc2cc(C[C@@H](NC(=O)N3CCC(c4cc5ccccc5n(COC(=O)C(C)(C)CCCC)c4=O)CC3)C(=O)N3CCN(C4CCN(C)CC4)CC3)cc(C)c2n1. The lowest BCUT2D eigenvalue weighted by molar-refractivity contribution is -0.159. The van der Waals surface area contributed by atoms with Gasteiger partial charge in [0.15, 0.2) is 13.5 Å². The number of amides is 3. The second kappa shape index (κ2) is 22.6. The predicted molar refractivity (Wildman–Crippen MR) is 270 cm³/mol. The van der Waals surface area contributed by atoms with Gasteiger partial charge in [0.1, 0.15) is 6.04 Å². The number of benzene rings is 2. The van der Waals surface area contributed by atoms with Gasteiger partial charge in [-0.3, -0.25) is 28.6 Å². The van der Waals surface area contributed by atoms with E-state index in [9.17, 15) is 24.0 Å². The summed E-state index contributed by atoms with van der Waals surface area (Å²) in [6.45, 7) is 19.4. The van der Waals surface area contributed by atoms with Crippen LogP contribution in [0.1, 0.15) is 128 Å². The maximum atomic E-state index is 14.6. The minimum absolute atomic E-state index is 0.000658. The van der Waals surface area contributed by atoms with Crippen LogP contribution in [0.5, 0.6) is 0 Å². The molecule has 0 saturated carbocycles. The number of hydrogen-bond donors (Lipinski definition) is 1. The van der Waals surface area contributed by atoms with Crippen molar-refractivity contribution in [1.82, 2.24) is 39.3 Å². The molecule has 5 heterocycles. The topological polar surface area (TPSA) is 152 Å². The van der Waals surface area contributed by atoms with Gasteiger partial charge in [-0.2, -0.15) is 5.10 Å². The van der Waals surface area contributed by atoms with Crippen LogP contribution in [0.3, 0.4) is 0 Å². The Morgan fingerprint density at radius 2 is 1.39 bits per heavy atom. The van der Waals surface area contributed by atoms with E-state index in [1.807, 2.05) is 88.2 Å². The third-order valence-corrected chi connectivity index (χ3v) is 15.1. The summed E-state index contributed by atoms with van der Waals surface area (Å²) in [5.74, 6) is -0.792. The van der Waals surface area contributed by atoms with Crippen molar-refractivity contribution in [2.45, 2.75) is 151 Å². The average molecular weight is 951 g/mol. The predicted octanol–water partition coefficient (Wildman–Crippen LogP) is 7.83. The molecule has 69 heavy (non-hydrogen) atoms. The van der Waals surface area contributed by atoms with Crippen LogP contribution in [0, 0.1) is 17.8 Å². The quantitative estimate of drug-likeness (QED) is 0.0978. The highest BCUT2D eigenvalue weighted by Gasteiger charge is 2.35. The number of aromatic nitrogens is 3. The Kier molecular flexibility index (Phi) is 16.9. The third-order valence-electron chi connectivity index (χ3n) is 15.1. The first-order valence-corrected chi connectivity index (χ1v) is 25.7. The summed E-state index contributed by atoms with van der Waals surface area (Å²) in [4.78, 5) is 77.9. The summed E-state index contributed by atoms with van der Waals surface area (Å²) in [7, 11) is 2.17. The van der Waals surface area contributed by atoms with Gasteiger partial charge in [0.05, 0.1) is 21.9 Å². The number of rotatable bonds is 18. The number of nitrogens with zero attached hydrogens (tertiary/aromatic N) is 7. The number of nitrogens with one attached hydrogen (secondary N) is 1. The zero-order valence-electron chi connectivity index (χ0n) is 42.7. The number of ether oxygens (including phenoxy) is 2. The lowest BCUT2D eigenvalue weighted by Crippen LogP contribution is -2.59. The summed E-state index contributed by atoms with van der Waals surface area (Å²) in [5, 5.41) is 9.67. The highest BCUT2D eigenvalue weighted by Crippen LogP contribution is 2.31. The molecule has 15 nitrogen and oxygen atoms in total. The lowest BCUT2D eigenvalue weighted by Gasteiger charge is -2.43. The number of pyridine rings is 1. The van der Waals surface area contributed by atoms with E-state index in [1.54, 1.807) is 14.1 Å². The number of piperidine rings is 2. The standard InChI is InChI=1S/C54H78N8O7/c1-9-11-21-53(4,5)50(65)68-36-61-35-42-32-39(31-38(3)47(42)56-61)33-45(49(64)59-29-27-58(28-30-59)43-19-23-57(8)24-20-43)55-52(67)60-25-17-40(18-26-60)44-34-41-15-13-14-16-46(41)62(48(44)63)37-69-51(66)54(6,7)22-12-10-2/h13-16,31-32,34-35,40,43,45H,9-12,17-30,33,36-37H2,1-8H3,(H,55,67)/t45-/m1/s1. The largest absolute Gasteiger partial charge is 0.443 e.